The van der Waals surface area contributed by atoms with Gasteiger partial charge in [0.15, 0.2) is 0 Å². The zero-order valence-corrected chi connectivity index (χ0v) is 12.5. The molecular formula is C17H20N4. The molecule has 0 aliphatic carbocycles. The van der Waals surface area contributed by atoms with E-state index >= 15 is 0 Å². The summed E-state index contributed by atoms with van der Waals surface area (Å²) in [6.45, 7) is 6.32. The van der Waals surface area contributed by atoms with E-state index in [1.165, 1.54) is 0 Å². The Hall–Kier alpha value is -2.12. The summed E-state index contributed by atoms with van der Waals surface area (Å²) < 4.78 is 0. The number of fused-ring (bicyclic) bond motifs is 1. The van der Waals surface area contributed by atoms with Gasteiger partial charge in [0.1, 0.15) is 6.07 Å². The molecule has 1 aromatic carbocycles. The quantitative estimate of drug-likeness (QED) is 0.872. The van der Waals surface area contributed by atoms with Crippen LogP contribution in [0.5, 0.6) is 0 Å². The van der Waals surface area contributed by atoms with Crippen molar-refractivity contribution >= 4 is 16.6 Å². The van der Waals surface area contributed by atoms with Gasteiger partial charge in [-0.1, -0.05) is 13.8 Å². The number of nitrogens with two attached hydrogens (primary N) is 1. The molecule has 0 bridgehead atoms. The summed E-state index contributed by atoms with van der Waals surface area (Å²) in [7, 11) is 0. The second-order valence-corrected chi connectivity index (χ2v) is 6.65. The maximum atomic E-state index is 9.24. The highest BCUT2D eigenvalue weighted by atomic mass is 15.2. The molecule has 1 saturated heterocycles. The van der Waals surface area contributed by atoms with Crippen LogP contribution in [0.3, 0.4) is 0 Å². The number of nitrogens with zero attached hydrogens (tertiary/aromatic N) is 3. The van der Waals surface area contributed by atoms with Gasteiger partial charge >= 0.3 is 0 Å². The van der Waals surface area contributed by atoms with E-state index in [4.69, 9.17) is 5.73 Å². The van der Waals surface area contributed by atoms with Gasteiger partial charge in [-0.05, 0) is 36.1 Å². The van der Waals surface area contributed by atoms with Crippen molar-refractivity contribution in [2.24, 2.45) is 11.1 Å². The Balaban J connectivity index is 2.11. The SMILES string of the molecule is CC1(C)C[C@@H](N)CN(c2ccc(C#N)c3ncccc23)C1. The minimum absolute atomic E-state index is 0.177. The van der Waals surface area contributed by atoms with Gasteiger partial charge in [-0.25, -0.2) is 0 Å². The van der Waals surface area contributed by atoms with Gasteiger partial charge in [-0.3, -0.25) is 4.98 Å². The van der Waals surface area contributed by atoms with E-state index in [1.807, 2.05) is 24.3 Å². The summed E-state index contributed by atoms with van der Waals surface area (Å²) in [6, 6.07) is 10.2. The predicted molar refractivity (Wildman–Crippen MR) is 85.0 cm³/mol. The van der Waals surface area contributed by atoms with Crippen LogP contribution in [-0.2, 0) is 0 Å². The Morgan fingerprint density at radius 3 is 2.90 bits per heavy atom. The number of rotatable bonds is 1. The fraction of sp³-hybridized carbons (Fsp3) is 0.412. The number of pyridine rings is 1. The first-order chi connectivity index (χ1) is 10.00. The summed E-state index contributed by atoms with van der Waals surface area (Å²) in [5.41, 5.74) is 8.94. The molecule has 108 valence electrons. The van der Waals surface area contributed by atoms with Gasteiger partial charge < -0.3 is 10.6 Å². The smallest absolute Gasteiger partial charge is 0.101 e. The summed E-state index contributed by atoms with van der Waals surface area (Å²) in [6.07, 6.45) is 2.77. The van der Waals surface area contributed by atoms with Crippen molar-refractivity contribution in [1.29, 1.82) is 5.26 Å². The van der Waals surface area contributed by atoms with Crippen LogP contribution in [0, 0.1) is 16.7 Å². The lowest BCUT2D eigenvalue weighted by Crippen LogP contribution is -2.50. The van der Waals surface area contributed by atoms with E-state index in [-0.39, 0.29) is 11.5 Å². The fourth-order valence-electron chi connectivity index (χ4n) is 3.41. The summed E-state index contributed by atoms with van der Waals surface area (Å²) in [5.74, 6) is 0. The van der Waals surface area contributed by atoms with Crippen molar-refractivity contribution in [2.75, 3.05) is 18.0 Å². The molecule has 3 rings (SSSR count). The number of hydrogen-bond acceptors (Lipinski definition) is 4. The van der Waals surface area contributed by atoms with Gasteiger partial charge in [-0.15, -0.1) is 0 Å². The molecule has 21 heavy (non-hydrogen) atoms. The van der Waals surface area contributed by atoms with Crippen LogP contribution in [0.15, 0.2) is 30.5 Å². The minimum atomic E-state index is 0.177. The first-order valence-corrected chi connectivity index (χ1v) is 7.28. The monoisotopic (exact) mass is 280 g/mol. The Kier molecular flexibility index (Phi) is 3.30. The molecule has 1 atom stereocenters. The number of benzene rings is 1. The lowest BCUT2D eigenvalue weighted by Gasteiger charge is -2.42. The molecule has 0 amide bonds. The standard InChI is InChI=1S/C17H20N4/c1-17(2)8-13(19)10-21(11-17)15-6-5-12(9-18)16-14(15)4-3-7-20-16/h3-7,13H,8,10-11,19H2,1-2H3/t13-/m1/s1. The lowest BCUT2D eigenvalue weighted by atomic mass is 9.81. The normalized spacial score (nSPS) is 21.2. The van der Waals surface area contributed by atoms with Gasteiger partial charge in [0.05, 0.1) is 11.1 Å². The molecule has 1 fully saturated rings. The fourth-order valence-corrected chi connectivity index (χ4v) is 3.41. The average molecular weight is 280 g/mol. The van der Waals surface area contributed by atoms with E-state index in [2.05, 4.69) is 29.8 Å². The van der Waals surface area contributed by atoms with Crippen molar-refractivity contribution < 1.29 is 0 Å². The first-order valence-electron chi connectivity index (χ1n) is 7.28. The largest absolute Gasteiger partial charge is 0.369 e. The van der Waals surface area contributed by atoms with Crippen LogP contribution in [0.1, 0.15) is 25.8 Å². The number of anilines is 1. The zero-order valence-electron chi connectivity index (χ0n) is 12.5. The van der Waals surface area contributed by atoms with Crippen LogP contribution < -0.4 is 10.6 Å². The summed E-state index contributed by atoms with van der Waals surface area (Å²) in [5, 5.41) is 10.3. The highest BCUT2D eigenvalue weighted by Gasteiger charge is 2.31. The molecule has 4 nitrogen and oxygen atoms in total. The number of piperidine rings is 1. The number of nitriles is 1. The molecule has 2 heterocycles. The molecule has 0 unspecified atom stereocenters. The third-order valence-electron chi connectivity index (χ3n) is 4.10. The maximum Gasteiger partial charge on any atom is 0.101 e. The van der Waals surface area contributed by atoms with E-state index in [0.29, 0.717) is 5.56 Å². The molecular weight excluding hydrogens is 260 g/mol. The molecule has 0 radical (unpaired) electrons. The first kappa shape index (κ1) is 13.8. The second-order valence-electron chi connectivity index (χ2n) is 6.65. The Labute approximate surface area is 125 Å². The van der Waals surface area contributed by atoms with Crippen LogP contribution >= 0.6 is 0 Å². The average Bonchev–Trinajstić information content (AvgIpc) is 2.44. The highest BCUT2D eigenvalue weighted by molar-refractivity contribution is 5.95. The van der Waals surface area contributed by atoms with Gasteiger partial charge in [-0.2, -0.15) is 5.26 Å². The van der Waals surface area contributed by atoms with Crippen LogP contribution in [0.25, 0.3) is 10.9 Å². The van der Waals surface area contributed by atoms with E-state index in [9.17, 15) is 5.26 Å². The molecule has 2 N–H and O–H groups in total. The van der Waals surface area contributed by atoms with Gasteiger partial charge in [0.25, 0.3) is 0 Å². The minimum Gasteiger partial charge on any atom is -0.369 e. The third-order valence-corrected chi connectivity index (χ3v) is 4.10. The molecule has 0 saturated carbocycles. The van der Waals surface area contributed by atoms with Crippen LogP contribution in [-0.4, -0.2) is 24.1 Å². The predicted octanol–water partition coefficient (Wildman–Crippen LogP) is 2.67. The van der Waals surface area contributed by atoms with Crippen molar-refractivity contribution in [1.82, 2.24) is 4.98 Å². The van der Waals surface area contributed by atoms with Crippen molar-refractivity contribution in [3.8, 4) is 6.07 Å². The van der Waals surface area contributed by atoms with Crippen molar-refractivity contribution in [3.63, 3.8) is 0 Å². The second kappa shape index (κ2) is 5.01. The molecule has 2 aromatic rings. The highest BCUT2D eigenvalue weighted by Crippen LogP contribution is 2.35. The Morgan fingerprint density at radius 1 is 1.38 bits per heavy atom. The molecule has 0 spiro atoms. The molecule has 1 aliphatic rings. The molecule has 4 heteroatoms. The van der Waals surface area contributed by atoms with Crippen molar-refractivity contribution in [2.45, 2.75) is 26.3 Å². The Bertz CT molecular complexity index is 714. The topological polar surface area (TPSA) is 65.9 Å². The number of hydrogen-bond donors (Lipinski definition) is 1. The van der Waals surface area contributed by atoms with Crippen LogP contribution in [0.4, 0.5) is 5.69 Å². The van der Waals surface area contributed by atoms with E-state index < -0.39 is 0 Å². The Morgan fingerprint density at radius 2 is 2.19 bits per heavy atom. The summed E-state index contributed by atoms with van der Waals surface area (Å²) in [4.78, 5) is 6.72. The molecule has 1 aromatic heterocycles. The van der Waals surface area contributed by atoms with Crippen molar-refractivity contribution in [3.05, 3.63) is 36.0 Å². The lowest BCUT2D eigenvalue weighted by molar-refractivity contribution is 0.268. The third kappa shape index (κ3) is 2.57. The van der Waals surface area contributed by atoms with Gasteiger partial charge in [0, 0.05) is 36.4 Å². The summed E-state index contributed by atoms with van der Waals surface area (Å²) >= 11 is 0. The van der Waals surface area contributed by atoms with E-state index in [1.54, 1.807) is 6.20 Å². The number of aromatic nitrogens is 1. The molecule has 1 aliphatic heterocycles. The van der Waals surface area contributed by atoms with E-state index in [0.717, 1.165) is 36.1 Å². The zero-order chi connectivity index (χ0) is 15.0. The maximum absolute atomic E-state index is 9.24. The van der Waals surface area contributed by atoms with Gasteiger partial charge in [0.2, 0.25) is 0 Å². The van der Waals surface area contributed by atoms with Crippen LogP contribution in [0.2, 0.25) is 0 Å².